The number of hydrogen-bond donors (Lipinski definition) is 1. The van der Waals surface area contributed by atoms with Gasteiger partial charge in [0.1, 0.15) is 0 Å². The maximum atomic E-state index is 11.5. The summed E-state index contributed by atoms with van der Waals surface area (Å²) in [7, 11) is -3.47. The molecule has 1 saturated heterocycles. The summed E-state index contributed by atoms with van der Waals surface area (Å²) in [6.45, 7) is 4.41. The van der Waals surface area contributed by atoms with E-state index in [0.717, 1.165) is 4.31 Å². The smallest absolute Gasteiger partial charge is 0.258 e. The fourth-order valence-electron chi connectivity index (χ4n) is 1.28. The SMILES string of the molecule is CC(O)CCN1C(=O)C(C)(C)S1(=O)=O. The van der Waals surface area contributed by atoms with Gasteiger partial charge >= 0.3 is 0 Å². The van der Waals surface area contributed by atoms with Gasteiger partial charge < -0.3 is 5.11 Å². The molecule has 0 spiro atoms. The molecule has 6 heteroatoms. The molecule has 0 aromatic rings. The molecule has 1 rings (SSSR count). The molecule has 1 aliphatic heterocycles. The Hall–Kier alpha value is -0.620. The van der Waals surface area contributed by atoms with Gasteiger partial charge in [0.15, 0.2) is 4.75 Å². The van der Waals surface area contributed by atoms with Crippen molar-refractivity contribution in [2.45, 2.75) is 38.0 Å². The third kappa shape index (κ3) is 1.42. The number of aliphatic hydroxyl groups is 1. The maximum Gasteiger partial charge on any atom is 0.258 e. The topological polar surface area (TPSA) is 74.7 Å². The monoisotopic (exact) mass is 221 g/mol. The summed E-state index contributed by atoms with van der Waals surface area (Å²) < 4.78 is 22.6. The van der Waals surface area contributed by atoms with Crippen LogP contribution in [0, 0.1) is 0 Å². The molecule has 82 valence electrons. The summed E-state index contributed by atoms with van der Waals surface area (Å²) in [6, 6.07) is 0. The highest BCUT2D eigenvalue weighted by Crippen LogP contribution is 2.34. The molecule has 1 aliphatic rings. The fraction of sp³-hybridized carbons (Fsp3) is 0.875. The molecular weight excluding hydrogens is 206 g/mol. The van der Waals surface area contributed by atoms with Crippen molar-refractivity contribution in [2.75, 3.05) is 6.54 Å². The van der Waals surface area contributed by atoms with E-state index in [1.54, 1.807) is 6.92 Å². The number of aliphatic hydroxyl groups excluding tert-OH is 1. The van der Waals surface area contributed by atoms with Gasteiger partial charge in [-0.3, -0.25) is 4.79 Å². The number of sulfonamides is 1. The van der Waals surface area contributed by atoms with Gasteiger partial charge in [0, 0.05) is 6.54 Å². The van der Waals surface area contributed by atoms with E-state index < -0.39 is 26.8 Å². The molecule has 1 unspecified atom stereocenters. The fourth-order valence-corrected chi connectivity index (χ4v) is 2.82. The molecule has 0 radical (unpaired) electrons. The summed E-state index contributed by atoms with van der Waals surface area (Å²) in [6.07, 6.45) is -0.317. The van der Waals surface area contributed by atoms with Gasteiger partial charge in [-0.2, -0.15) is 0 Å². The lowest BCUT2D eigenvalue weighted by Crippen LogP contribution is -2.67. The minimum absolute atomic E-state index is 0.0717. The van der Waals surface area contributed by atoms with Crippen LogP contribution in [-0.4, -0.2) is 41.1 Å². The quantitative estimate of drug-likeness (QED) is 0.710. The zero-order valence-corrected chi connectivity index (χ0v) is 9.34. The standard InChI is InChI=1S/C8H15NO4S/c1-6(10)4-5-9-7(11)8(2,3)14(9,12)13/h6,10H,4-5H2,1-3H3. The zero-order chi connectivity index (χ0) is 11.1. The van der Waals surface area contributed by atoms with E-state index in [4.69, 9.17) is 5.11 Å². The second-order valence-electron chi connectivity index (χ2n) is 4.03. The Morgan fingerprint density at radius 1 is 1.50 bits per heavy atom. The van der Waals surface area contributed by atoms with Crippen LogP contribution >= 0.6 is 0 Å². The Labute approximate surface area is 83.8 Å². The van der Waals surface area contributed by atoms with Crippen molar-refractivity contribution in [1.29, 1.82) is 0 Å². The predicted molar refractivity (Wildman–Crippen MR) is 51.0 cm³/mol. The minimum atomic E-state index is -3.47. The second-order valence-corrected chi connectivity index (χ2v) is 6.44. The lowest BCUT2D eigenvalue weighted by Gasteiger charge is -2.43. The van der Waals surface area contributed by atoms with Crippen molar-refractivity contribution in [3.63, 3.8) is 0 Å². The Bertz CT molecular complexity index is 344. The highest BCUT2D eigenvalue weighted by Gasteiger charge is 2.59. The number of carbonyl (C=O) groups excluding carboxylic acids is 1. The molecule has 0 aromatic heterocycles. The van der Waals surface area contributed by atoms with Crippen LogP contribution in [0.3, 0.4) is 0 Å². The van der Waals surface area contributed by atoms with Crippen LogP contribution in [0.4, 0.5) is 0 Å². The molecule has 1 N–H and O–H groups in total. The highest BCUT2D eigenvalue weighted by molar-refractivity contribution is 7.94. The third-order valence-electron chi connectivity index (χ3n) is 2.43. The molecule has 14 heavy (non-hydrogen) atoms. The molecule has 1 heterocycles. The van der Waals surface area contributed by atoms with Crippen molar-refractivity contribution in [3.8, 4) is 0 Å². The van der Waals surface area contributed by atoms with Gasteiger partial charge in [0.2, 0.25) is 0 Å². The molecule has 0 aliphatic carbocycles. The molecule has 1 amide bonds. The van der Waals surface area contributed by atoms with Crippen LogP contribution in [0.15, 0.2) is 0 Å². The number of hydrogen-bond acceptors (Lipinski definition) is 4. The lowest BCUT2D eigenvalue weighted by molar-refractivity contribution is -0.132. The first-order valence-corrected chi connectivity index (χ1v) is 5.90. The zero-order valence-electron chi connectivity index (χ0n) is 8.52. The third-order valence-corrected chi connectivity index (χ3v) is 4.82. The van der Waals surface area contributed by atoms with Crippen molar-refractivity contribution < 1.29 is 18.3 Å². The van der Waals surface area contributed by atoms with E-state index in [2.05, 4.69) is 0 Å². The van der Waals surface area contributed by atoms with Gasteiger partial charge in [0.25, 0.3) is 15.9 Å². The Morgan fingerprint density at radius 2 is 2.00 bits per heavy atom. The molecular formula is C8H15NO4S. The average Bonchev–Trinajstić information content (AvgIpc) is 2.02. The van der Waals surface area contributed by atoms with Crippen LogP contribution in [0.5, 0.6) is 0 Å². The summed E-state index contributed by atoms with van der Waals surface area (Å²) in [5, 5.41) is 8.97. The van der Waals surface area contributed by atoms with Crippen LogP contribution in [-0.2, 0) is 14.8 Å². The van der Waals surface area contributed by atoms with Crippen molar-refractivity contribution in [3.05, 3.63) is 0 Å². The lowest BCUT2D eigenvalue weighted by atomic mass is 10.2. The van der Waals surface area contributed by atoms with Gasteiger partial charge in [-0.15, -0.1) is 0 Å². The molecule has 1 atom stereocenters. The molecule has 1 fully saturated rings. The summed E-state index contributed by atoms with van der Waals surface area (Å²) >= 11 is 0. The first kappa shape index (κ1) is 11.5. The van der Waals surface area contributed by atoms with E-state index in [1.807, 2.05) is 0 Å². The first-order valence-electron chi connectivity index (χ1n) is 4.46. The largest absolute Gasteiger partial charge is 0.393 e. The van der Waals surface area contributed by atoms with Gasteiger partial charge in [-0.1, -0.05) is 0 Å². The molecule has 5 nitrogen and oxygen atoms in total. The summed E-state index contributed by atoms with van der Waals surface area (Å²) in [5.74, 6) is -0.391. The highest BCUT2D eigenvalue weighted by atomic mass is 32.2. The Kier molecular flexibility index (Phi) is 2.62. The van der Waals surface area contributed by atoms with E-state index in [9.17, 15) is 13.2 Å². The van der Waals surface area contributed by atoms with Crippen LogP contribution in [0.1, 0.15) is 27.2 Å². The van der Waals surface area contributed by atoms with E-state index in [-0.39, 0.29) is 13.0 Å². The molecule has 0 saturated carbocycles. The van der Waals surface area contributed by atoms with Gasteiger partial charge in [0.05, 0.1) is 6.10 Å². The number of carbonyl (C=O) groups is 1. The normalized spacial score (nSPS) is 25.7. The van der Waals surface area contributed by atoms with Crippen LogP contribution in [0.25, 0.3) is 0 Å². The number of nitrogens with zero attached hydrogens (tertiary/aromatic N) is 1. The first-order chi connectivity index (χ1) is 6.21. The van der Waals surface area contributed by atoms with Gasteiger partial charge in [-0.05, 0) is 27.2 Å². The van der Waals surface area contributed by atoms with Crippen molar-refractivity contribution >= 4 is 15.9 Å². The molecule has 0 bridgehead atoms. The van der Waals surface area contributed by atoms with E-state index in [0.29, 0.717) is 0 Å². The number of amides is 1. The summed E-state index contributed by atoms with van der Waals surface area (Å²) in [4.78, 5) is 11.4. The van der Waals surface area contributed by atoms with Crippen LogP contribution < -0.4 is 0 Å². The maximum absolute atomic E-state index is 11.5. The predicted octanol–water partition coefficient (Wildman–Crippen LogP) is -0.292. The van der Waals surface area contributed by atoms with Crippen molar-refractivity contribution in [1.82, 2.24) is 4.31 Å². The van der Waals surface area contributed by atoms with Gasteiger partial charge in [-0.25, -0.2) is 12.7 Å². The summed E-state index contributed by atoms with van der Waals surface area (Å²) in [5.41, 5.74) is 0. The molecule has 0 aromatic carbocycles. The number of rotatable bonds is 3. The van der Waals surface area contributed by atoms with E-state index >= 15 is 0 Å². The second kappa shape index (κ2) is 3.20. The Balaban J connectivity index is 2.72. The Morgan fingerprint density at radius 3 is 2.36 bits per heavy atom. The van der Waals surface area contributed by atoms with Crippen molar-refractivity contribution in [2.24, 2.45) is 0 Å². The average molecular weight is 221 g/mol. The van der Waals surface area contributed by atoms with E-state index in [1.165, 1.54) is 13.8 Å². The van der Waals surface area contributed by atoms with Crippen LogP contribution in [0.2, 0.25) is 0 Å². The minimum Gasteiger partial charge on any atom is -0.393 e.